The molecule has 1 N–H and O–H groups in total. The second-order valence-electron chi connectivity index (χ2n) is 4.38. The van der Waals surface area contributed by atoms with Gasteiger partial charge in [0.15, 0.2) is 0 Å². The zero-order chi connectivity index (χ0) is 12.7. The van der Waals surface area contributed by atoms with Crippen molar-refractivity contribution in [2.24, 2.45) is 5.92 Å². The summed E-state index contributed by atoms with van der Waals surface area (Å²) in [5, 5.41) is 3.28. The molecule has 0 radical (unpaired) electrons. The molecule has 0 spiro atoms. The van der Waals surface area contributed by atoms with Crippen molar-refractivity contribution < 1.29 is 9.53 Å². The Hall–Kier alpha value is -1.51. The van der Waals surface area contributed by atoms with Gasteiger partial charge >= 0.3 is 5.97 Å². The summed E-state index contributed by atoms with van der Waals surface area (Å²) in [4.78, 5) is 11.7. The number of para-hydroxylation sites is 1. The number of ether oxygens (including phenoxy) is 1. The fraction of sp³-hybridized carbons (Fsp3) is 0.500. The zero-order valence-corrected chi connectivity index (χ0v) is 10.8. The van der Waals surface area contributed by atoms with Gasteiger partial charge in [0, 0.05) is 12.2 Å². The maximum absolute atomic E-state index is 11.7. The highest BCUT2D eigenvalue weighted by Gasteiger charge is 2.11. The number of hydrogen-bond donors (Lipinski definition) is 1. The van der Waals surface area contributed by atoms with E-state index in [9.17, 15) is 4.79 Å². The molecule has 0 amide bonds. The van der Waals surface area contributed by atoms with E-state index in [1.54, 1.807) is 6.07 Å². The Morgan fingerprint density at radius 3 is 2.71 bits per heavy atom. The van der Waals surface area contributed by atoms with Crippen LogP contribution in [0.2, 0.25) is 0 Å². The summed E-state index contributed by atoms with van der Waals surface area (Å²) in [6.45, 7) is 7.44. The van der Waals surface area contributed by atoms with Crippen LogP contribution in [-0.4, -0.2) is 19.1 Å². The van der Waals surface area contributed by atoms with Crippen LogP contribution in [-0.2, 0) is 4.74 Å². The first-order chi connectivity index (χ1) is 8.15. The smallest absolute Gasteiger partial charge is 0.340 e. The maximum atomic E-state index is 11.7. The molecule has 0 saturated carbocycles. The summed E-state index contributed by atoms with van der Waals surface area (Å²) >= 11 is 0. The van der Waals surface area contributed by atoms with Crippen molar-refractivity contribution in [3.63, 3.8) is 0 Å². The molecule has 0 bridgehead atoms. The monoisotopic (exact) mass is 235 g/mol. The van der Waals surface area contributed by atoms with Crippen LogP contribution in [0.15, 0.2) is 24.3 Å². The molecule has 1 aromatic rings. The lowest BCUT2D eigenvalue weighted by Gasteiger charge is -2.12. The summed E-state index contributed by atoms with van der Waals surface area (Å²) in [5.41, 5.74) is 1.46. The predicted molar refractivity (Wildman–Crippen MR) is 70.3 cm³/mol. The molecule has 0 aliphatic heterocycles. The van der Waals surface area contributed by atoms with Gasteiger partial charge in [-0.3, -0.25) is 0 Å². The van der Waals surface area contributed by atoms with Gasteiger partial charge in [0.05, 0.1) is 12.2 Å². The van der Waals surface area contributed by atoms with E-state index in [-0.39, 0.29) is 5.97 Å². The Morgan fingerprint density at radius 2 is 2.06 bits per heavy atom. The number of rotatable bonds is 6. The third-order valence-corrected chi connectivity index (χ3v) is 2.46. The number of hydrogen-bond acceptors (Lipinski definition) is 3. The van der Waals surface area contributed by atoms with Crippen LogP contribution >= 0.6 is 0 Å². The van der Waals surface area contributed by atoms with Gasteiger partial charge < -0.3 is 10.1 Å². The first-order valence-corrected chi connectivity index (χ1v) is 6.15. The van der Waals surface area contributed by atoms with Crippen LogP contribution in [0.25, 0.3) is 0 Å². The molecule has 94 valence electrons. The highest BCUT2D eigenvalue weighted by Crippen LogP contribution is 2.16. The van der Waals surface area contributed by atoms with Crippen LogP contribution in [0.4, 0.5) is 5.69 Å². The van der Waals surface area contributed by atoms with Crippen LogP contribution in [0, 0.1) is 5.92 Å². The SMILES string of the molecule is CCOC(=O)c1ccccc1NCCC(C)C. The van der Waals surface area contributed by atoms with E-state index < -0.39 is 0 Å². The number of benzene rings is 1. The van der Waals surface area contributed by atoms with Crippen molar-refractivity contribution in [1.29, 1.82) is 0 Å². The molecule has 0 saturated heterocycles. The Morgan fingerprint density at radius 1 is 1.35 bits per heavy atom. The van der Waals surface area contributed by atoms with Crippen molar-refractivity contribution in [1.82, 2.24) is 0 Å². The third-order valence-electron chi connectivity index (χ3n) is 2.46. The summed E-state index contributed by atoms with van der Waals surface area (Å²) in [7, 11) is 0. The van der Waals surface area contributed by atoms with Crippen molar-refractivity contribution >= 4 is 11.7 Å². The van der Waals surface area contributed by atoms with Gasteiger partial charge in [-0.25, -0.2) is 4.79 Å². The molecule has 0 aromatic heterocycles. The number of carbonyl (C=O) groups is 1. The Balaban J connectivity index is 2.67. The maximum Gasteiger partial charge on any atom is 0.340 e. The molecular weight excluding hydrogens is 214 g/mol. The number of carbonyl (C=O) groups excluding carboxylic acids is 1. The molecule has 0 fully saturated rings. The van der Waals surface area contributed by atoms with Gasteiger partial charge in [-0.1, -0.05) is 26.0 Å². The predicted octanol–water partition coefficient (Wildman–Crippen LogP) is 3.32. The molecule has 1 aromatic carbocycles. The van der Waals surface area contributed by atoms with E-state index in [0.717, 1.165) is 18.7 Å². The minimum atomic E-state index is -0.264. The van der Waals surface area contributed by atoms with Crippen molar-refractivity contribution in [3.8, 4) is 0 Å². The molecule has 17 heavy (non-hydrogen) atoms. The Labute approximate surface area is 103 Å². The fourth-order valence-electron chi connectivity index (χ4n) is 1.52. The Kier molecular flexibility index (Phi) is 5.53. The van der Waals surface area contributed by atoms with Gasteiger partial charge in [0.2, 0.25) is 0 Å². The number of esters is 1. The van der Waals surface area contributed by atoms with Crippen LogP contribution in [0.5, 0.6) is 0 Å². The zero-order valence-electron chi connectivity index (χ0n) is 10.8. The van der Waals surface area contributed by atoms with Crippen LogP contribution in [0.1, 0.15) is 37.6 Å². The van der Waals surface area contributed by atoms with E-state index in [2.05, 4.69) is 19.2 Å². The summed E-state index contributed by atoms with van der Waals surface area (Å²) < 4.78 is 5.02. The van der Waals surface area contributed by atoms with E-state index in [0.29, 0.717) is 18.1 Å². The fourth-order valence-corrected chi connectivity index (χ4v) is 1.52. The molecular formula is C14H21NO2. The van der Waals surface area contributed by atoms with Gasteiger partial charge in [-0.05, 0) is 31.4 Å². The topological polar surface area (TPSA) is 38.3 Å². The first-order valence-electron chi connectivity index (χ1n) is 6.15. The van der Waals surface area contributed by atoms with Gasteiger partial charge in [0.1, 0.15) is 0 Å². The summed E-state index contributed by atoms with van der Waals surface area (Å²) in [6, 6.07) is 7.46. The third kappa shape index (κ3) is 4.47. The van der Waals surface area contributed by atoms with E-state index >= 15 is 0 Å². The normalized spacial score (nSPS) is 10.4. The minimum Gasteiger partial charge on any atom is -0.462 e. The lowest BCUT2D eigenvalue weighted by molar-refractivity contribution is 0.0527. The van der Waals surface area contributed by atoms with E-state index in [1.165, 1.54) is 0 Å². The highest BCUT2D eigenvalue weighted by molar-refractivity contribution is 5.95. The summed E-state index contributed by atoms with van der Waals surface area (Å²) in [5.74, 6) is 0.386. The molecule has 0 heterocycles. The highest BCUT2D eigenvalue weighted by atomic mass is 16.5. The van der Waals surface area contributed by atoms with E-state index in [4.69, 9.17) is 4.74 Å². The Bertz CT molecular complexity index is 361. The number of anilines is 1. The van der Waals surface area contributed by atoms with Crippen molar-refractivity contribution in [2.75, 3.05) is 18.5 Å². The first kappa shape index (κ1) is 13.6. The minimum absolute atomic E-state index is 0.264. The lowest BCUT2D eigenvalue weighted by atomic mass is 10.1. The van der Waals surface area contributed by atoms with E-state index in [1.807, 2.05) is 25.1 Å². The molecule has 0 aliphatic carbocycles. The lowest BCUT2D eigenvalue weighted by Crippen LogP contribution is -2.11. The van der Waals surface area contributed by atoms with Gasteiger partial charge in [0.25, 0.3) is 0 Å². The van der Waals surface area contributed by atoms with Crippen molar-refractivity contribution in [2.45, 2.75) is 27.2 Å². The van der Waals surface area contributed by atoms with Crippen LogP contribution < -0.4 is 5.32 Å². The molecule has 0 unspecified atom stereocenters. The molecule has 0 aliphatic rings. The molecule has 3 heteroatoms. The standard InChI is InChI=1S/C14H21NO2/c1-4-17-14(16)12-7-5-6-8-13(12)15-10-9-11(2)3/h5-8,11,15H,4,9-10H2,1-3H3. The van der Waals surface area contributed by atoms with Gasteiger partial charge in [-0.2, -0.15) is 0 Å². The molecule has 1 rings (SSSR count). The average Bonchev–Trinajstić information content (AvgIpc) is 2.29. The largest absolute Gasteiger partial charge is 0.462 e. The molecule has 0 atom stereocenters. The summed E-state index contributed by atoms with van der Waals surface area (Å²) in [6.07, 6.45) is 1.08. The second-order valence-corrected chi connectivity index (χ2v) is 4.38. The average molecular weight is 235 g/mol. The quantitative estimate of drug-likeness (QED) is 0.769. The van der Waals surface area contributed by atoms with Crippen molar-refractivity contribution in [3.05, 3.63) is 29.8 Å². The van der Waals surface area contributed by atoms with Gasteiger partial charge in [-0.15, -0.1) is 0 Å². The van der Waals surface area contributed by atoms with Crippen LogP contribution in [0.3, 0.4) is 0 Å². The number of nitrogens with one attached hydrogen (secondary N) is 1. The second kappa shape index (κ2) is 6.94. The molecule has 3 nitrogen and oxygen atoms in total.